The van der Waals surface area contributed by atoms with E-state index in [0.29, 0.717) is 39.5 Å². The highest BCUT2D eigenvalue weighted by Crippen LogP contribution is 2.16. The number of carbonyl (C=O) groups is 1. The first-order chi connectivity index (χ1) is 14.3. The number of hydrogen-bond acceptors (Lipinski definition) is 6. The van der Waals surface area contributed by atoms with Crippen molar-refractivity contribution < 1.29 is 27.4 Å². The summed E-state index contributed by atoms with van der Waals surface area (Å²) in [4.78, 5) is 14.7. The molecule has 1 fully saturated rings. The largest absolute Gasteiger partial charge is 0.379 e. The molecule has 1 aliphatic rings. The van der Waals surface area contributed by atoms with Crippen LogP contribution in [0.5, 0.6) is 0 Å². The van der Waals surface area contributed by atoms with Crippen LogP contribution in [0.25, 0.3) is 0 Å². The number of benzene rings is 1. The van der Waals surface area contributed by atoms with E-state index in [2.05, 4.69) is 4.40 Å². The molecule has 2 rings (SSSR count). The fourth-order valence-corrected chi connectivity index (χ4v) is 3.83. The van der Waals surface area contributed by atoms with Crippen molar-refractivity contribution >= 4 is 21.6 Å². The molecule has 1 heterocycles. The molecule has 0 spiro atoms. The Morgan fingerprint density at radius 1 is 1.03 bits per heavy atom. The van der Waals surface area contributed by atoms with Gasteiger partial charge in [0, 0.05) is 13.2 Å². The third kappa shape index (κ3) is 8.14. The SMILES string of the molecule is Cc1ccc(S(=O)(=O)/N=C(\CC(C)C)C(=O)N2CCOCCOCCCOC2)cc1. The average molecular weight is 441 g/mol. The number of carbonyl (C=O) groups excluding carboxylic acids is 1. The van der Waals surface area contributed by atoms with Gasteiger partial charge in [-0.25, -0.2) is 0 Å². The molecule has 0 bridgehead atoms. The monoisotopic (exact) mass is 440 g/mol. The quantitative estimate of drug-likeness (QED) is 0.653. The highest BCUT2D eigenvalue weighted by Gasteiger charge is 2.24. The van der Waals surface area contributed by atoms with Gasteiger partial charge in [0.05, 0.1) is 31.3 Å². The van der Waals surface area contributed by atoms with Crippen molar-refractivity contribution in [2.24, 2.45) is 10.3 Å². The second-order valence-electron chi connectivity index (χ2n) is 7.61. The molecular formula is C21H32N2O6S. The van der Waals surface area contributed by atoms with Gasteiger partial charge in [0.15, 0.2) is 0 Å². The zero-order valence-electron chi connectivity index (χ0n) is 18.0. The molecule has 8 nitrogen and oxygen atoms in total. The number of amides is 1. The Morgan fingerprint density at radius 2 is 1.67 bits per heavy atom. The molecule has 0 aromatic heterocycles. The van der Waals surface area contributed by atoms with Gasteiger partial charge in [0.2, 0.25) is 0 Å². The molecule has 0 atom stereocenters. The van der Waals surface area contributed by atoms with E-state index in [1.54, 1.807) is 12.1 Å². The number of nitrogens with zero attached hydrogens (tertiary/aromatic N) is 2. The molecule has 1 aliphatic heterocycles. The van der Waals surface area contributed by atoms with E-state index < -0.39 is 15.9 Å². The summed E-state index contributed by atoms with van der Waals surface area (Å²) in [7, 11) is -3.99. The summed E-state index contributed by atoms with van der Waals surface area (Å²) >= 11 is 0. The highest BCUT2D eigenvalue weighted by molar-refractivity contribution is 7.90. The van der Waals surface area contributed by atoms with Gasteiger partial charge in [0.25, 0.3) is 15.9 Å². The van der Waals surface area contributed by atoms with E-state index in [9.17, 15) is 13.2 Å². The Balaban J connectivity index is 2.24. The maximum Gasteiger partial charge on any atom is 0.282 e. The van der Waals surface area contributed by atoms with Crippen LogP contribution < -0.4 is 0 Å². The van der Waals surface area contributed by atoms with Crippen LogP contribution in [-0.2, 0) is 29.0 Å². The smallest absolute Gasteiger partial charge is 0.282 e. The maximum atomic E-state index is 13.2. The van der Waals surface area contributed by atoms with Crippen LogP contribution in [0, 0.1) is 12.8 Å². The van der Waals surface area contributed by atoms with Crippen molar-refractivity contribution in [3.05, 3.63) is 29.8 Å². The number of ether oxygens (including phenoxy) is 3. The average Bonchev–Trinajstić information content (AvgIpc) is 2.67. The lowest BCUT2D eigenvalue weighted by Crippen LogP contribution is -2.41. The van der Waals surface area contributed by atoms with E-state index in [-0.39, 0.29) is 36.2 Å². The molecular weight excluding hydrogens is 408 g/mol. The Kier molecular flexibility index (Phi) is 9.90. The molecule has 0 saturated carbocycles. The van der Waals surface area contributed by atoms with Gasteiger partial charge < -0.3 is 19.1 Å². The van der Waals surface area contributed by atoms with Gasteiger partial charge in [0.1, 0.15) is 12.4 Å². The second-order valence-corrected chi connectivity index (χ2v) is 9.21. The lowest BCUT2D eigenvalue weighted by Gasteiger charge is -2.24. The Labute approximate surface area is 179 Å². The van der Waals surface area contributed by atoms with Crippen LogP contribution in [0.3, 0.4) is 0 Å². The number of sulfonamides is 1. The highest BCUT2D eigenvalue weighted by atomic mass is 32.2. The topological polar surface area (TPSA) is 94.5 Å². The lowest BCUT2D eigenvalue weighted by molar-refractivity contribution is -0.131. The first-order valence-corrected chi connectivity index (χ1v) is 11.7. The summed E-state index contributed by atoms with van der Waals surface area (Å²) in [5, 5.41) is 0. The summed E-state index contributed by atoms with van der Waals surface area (Å²) < 4.78 is 46.0. The van der Waals surface area contributed by atoms with E-state index in [4.69, 9.17) is 14.2 Å². The van der Waals surface area contributed by atoms with Gasteiger partial charge >= 0.3 is 0 Å². The maximum absolute atomic E-state index is 13.2. The molecule has 9 heteroatoms. The van der Waals surface area contributed by atoms with Crippen molar-refractivity contribution in [3.63, 3.8) is 0 Å². The van der Waals surface area contributed by atoms with E-state index in [0.717, 1.165) is 5.56 Å². The van der Waals surface area contributed by atoms with Crippen molar-refractivity contribution in [1.29, 1.82) is 0 Å². The standard InChI is InChI=1S/C21H32N2O6S/c1-17(2)15-20(22-30(25,26)19-7-5-18(3)6-8-19)21(24)23-9-12-28-14-13-27-10-4-11-29-16-23/h5-8,17H,4,9-16H2,1-3H3/b22-20+. The third-order valence-electron chi connectivity index (χ3n) is 4.39. The zero-order valence-corrected chi connectivity index (χ0v) is 18.8. The van der Waals surface area contributed by atoms with Gasteiger partial charge in [-0.1, -0.05) is 31.5 Å². The van der Waals surface area contributed by atoms with E-state index >= 15 is 0 Å². The lowest BCUT2D eigenvalue weighted by atomic mass is 10.1. The Hall–Kier alpha value is -1.81. The molecule has 0 unspecified atom stereocenters. The zero-order chi connectivity index (χ0) is 22.0. The van der Waals surface area contributed by atoms with E-state index in [1.807, 2.05) is 20.8 Å². The van der Waals surface area contributed by atoms with Crippen molar-refractivity contribution in [2.75, 3.05) is 46.3 Å². The van der Waals surface area contributed by atoms with Gasteiger partial charge in [-0.3, -0.25) is 4.79 Å². The van der Waals surface area contributed by atoms with Crippen LogP contribution in [0.2, 0.25) is 0 Å². The second kappa shape index (κ2) is 12.1. The predicted molar refractivity (Wildman–Crippen MR) is 114 cm³/mol. The summed E-state index contributed by atoms with van der Waals surface area (Å²) in [5.74, 6) is -0.390. The molecule has 0 N–H and O–H groups in total. The van der Waals surface area contributed by atoms with Crippen LogP contribution >= 0.6 is 0 Å². The molecule has 1 aromatic rings. The van der Waals surface area contributed by atoms with Crippen LogP contribution in [0.1, 0.15) is 32.3 Å². The van der Waals surface area contributed by atoms with Crippen LogP contribution in [0.15, 0.2) is 33.6 Å². The fraction of sp³-hybridized carbons (Fsp3) is 0.619. The number of rotatable bonds is 5. The van der Waals surface area contributed by atoms with Crippen molar-refractivity contribution in [3.8, 4) is 0 Å². The normalized spacial score (nSPS) is 18.0. The van der Waals surface area contributed by atoms with Crippen LogP contribution in [0.4, 0.5) is 0 Å². The van der Waals surface area contributed by atoms with Crippen LogP contribution in [-0.4, -0.2) is 71.2 Å². The Morgan fingerprint density at radius 3 is 2.33 bits per heavy atom. The molecule has 1 amide bonds. The fourth-order valence-electron chi connectivity index (χ4n) is 2.80. The summed E-state index contributed by atoms with van der Waals surface area (Å²) in [6.45, 7) is 8.27. The molecule has 0 aliphatic carbocycles. The molecule has 0 radical (unpaired) electrons. The van der Waals surface area contributed by atoms with E-state index in [1.165, 1.54) is 17.0 Å². The van der Waals surface area contributed by atoms with Gasteiger partial charge in [-0.05, 0) is 37.8 Å². The first-order valence-electron chi connectivity index (χ1n) is 10.2. The molecule has 1 saturated heterocycles. The number of aryl methyl sites for hydroxylation is 1. The minimum absolute atomic E-state index is 0.00426. The van der Waals surface area contributed by atoms with Gasteiger partial charge in [-0.15, -0.1) is 0 Å². The predicted octanol–water partition coefficient (Wildman–Crippen LogP) is 2.41. The molecule has 1 aromatic carbocycles. The van der Waals surface area contributed by atoms with Gasteiger partial charge in [-0.2, -0.15) is 12.8 Å². The van der Waals surface area contributed by atoms with Crippen molar-refractivity contribution in [2.45, 2.75) is 38.5 Å². The summed E-state index contributed by atoms with van der Waals surface area (Å²) in [5.41, 5.74) is 0.947. The Bertz CT molecular complexity index is 793. The summed E-state index contributed by atoms with van der Waals surface area (Å²) in [6, 6.07) is 6.41. The third-order valence-corrected chi connectivity index (χ3v) is 5.72. The first kappa shape index (κ1) is 24.5. The number of hydrogen-bond donors (Lipinski definition) is 0. The summed E-state index contributed by atoms with van der Waals surface area (Å²) in [6.07, 6.45) is 0.950. The minimum atomic E-state index is -3.99. The minimum Gasteiger partial charge on any atom is -0.379 e. The molecule has 30 heavy (non-hydrogen) atoms. The molecule has 168 valence electrons. The van der Waals surface area contributed by atoms with Crippen molar-refractivity contribution in [1.82, 2.24) is 4.90 Å².